The maximum atomic E-state index is 9.03. The summed E-state index contributed by atoms with van der Waals surface area (Å²) < 4.78 is 11.4. The van der Waals surface area contributed by atoms with Crippen LogP contribution in [0, 0.1) is 0 Å². The van der Waals surface area contributed by atoms with Crippen LogP contribution in [0.15, 0.2) is 47.6 Å². The van der Waals surface area contributed by atoms with Gasteiger partial charge in [-0.3, -0.25) is 0 Å². The van der Waals surface area contributed by atoms with Gasteiger partial charge in [0, 0.05) is 17.0 Å². The minimum absolute atomic E-state index is 0.466. The smallest absolute Gasteiger partial charge is 0.170 e. The molecule has 0 fully saturated rings. The van der Waals surface area contributed by atoms with Crippen molar-refractivity contribution in [2.45, 2.75) is 6.42 Å². The summed E-state index contributed by atoms with van der Waals surface area (Å²) in [5.74, 6) is 1.85. The molecule has 0 aliphatic carbocycles. The van der Waals surface area contributed by atoms with E-state index in [1.165, 1.54) is 0 Å². The second-order valence-electron chi connectivity index (χ2n) is 4.33. The molecule has 3 rings (SSSR count). The summed E-state index contributed by atoms with van der Waals surface area (Å²) in [6.07, 6.45) is 0.577. The van der Waals surface area contributed by atoms with E-state index in [1.807, 2.05) is 18.2 Å². The molecule has 20 heavy (non-hydrogen) atoms. The summed E-state index contributed by atoms with van der Waals surface area (Å²) in [6.45, 7) is 0.466. The molecule has 0 saturated carbocycles. The number of nitrogens with zero attached hydrogens (tertiary/aromatic N) is 1. The summed E-state index contributed by atoms with van der Waals surface area (Å²) in [5.41, 5.74) is 1.36. The van der Waals surface area contributed by atoms with Gasteiger partial charge in [-0.2, -0.15) is 0 Å². The zero-order valence-corrected chi connectivity index (χ0v) is 11.3. The highest BCUT2D eigenvalue weighted by Gasteiger charge is 2.21. The fourth-order valence-electron chi connectivity index (χ4n) is 2.09. The van der Waals surface area contributed by atoms with E-state index in [0.29, 0.717) is 41.0 Å². The van der Waals surface area contributed by atoms with Gasteiger partial charge >= 0.3 is 0 Å². The largest absolute Gasteiger partial charge is 0.489 e. The Morgan fingerprint density at radius 3 is 2.70 bits per heavy atom. The first-order valence-corrected chi connectivity index (χ1v) is 6.56. The van der Waals surface area contributed by atoms with Crippen molar-refractivity contribution in [1.82, 2.24) is 0 Å². The lowest BCUT2D eigenvalue weighted by Crippen LogP contribution is -2.16. The summed E-state index contributed by atoms with van der Waals surface area (Å²) >= 11 is 5.84. The second kappa shape index (κ2) is 5.43. The summed E-state index contributed by atoms with van der Waals surface area (Å²) in [5, 5.41) is 13.0. The van der Waals surface area contributed by atoms with E-state index in [1.54, 1.807) is 24.3 Å². The van der Waals surface area contributed by atoms with Crippen LogP contribution in [0.5, 0.6) is 17.2 Å². The van der Waals surface area contributed by atoms with Crippen molar-refractivity contribution in [2.24, 2.45) is 5.16 Å². The maximum absolute atomic E-state index is 9.03. The standard InChI is InChI=1S/C15H12ClNO3/c16-10-4-6-11(7-5-10)20-14-3-1-2-12-13(17-18)8-9-19-15(12)14/h1-7,18H,8-9H2/b17-13+. The molecular formula is C15H12ClNO3. The first kappa shape index (κ1) is 12.8. The monoisotopic (exact) mass is 289 g/mol. The van der Waals surface area contributed by atoms with E-state index in [-0.39, 0.29) is 0 Å². The predicted molar refractivity (Wildman–Crippen MR) is 76.4 cm³/mol. The summed E-state index contributed by atoms with van der Waals surface area (Å²) in [7, 11) is 0. The number of oxime groups is 1. The van der Waals surface area contributed by atoms with Crippen molar-refractivity contribution in [3.63, 3.8) is 0 Å². The number of para-hydroxylation sites is 1. The molecule has 1 aliphatic heterocycles. The Morgan fingerprint density at radius 2 is 1.95 bits per heavy atom. The highest BCUT2D eigenvalue weighted by Crippen LogP contribution is 2.37. The molecular weight excluding hydrogens is 278 g/mol. The number of fused-ring (bicyclic) bond motifs is 1. The first-order chi connectivity index (χ1) is 9.78. The normalized spacial score (nSPS) is 15.6. The van der Waals surface area contributed by atoms with Gasteiger partial charge in [0.2, 0.25) is 0 Å². The molecule has 2 aromatic carbocycles. The Bertz CT molecular complexity index is 653. The molecule has 0 radical (unpaired) electrons. The van der Waals surface area contributed by atoms with E-state index < -0.39 is 0 Å². The Kier molecular flexibility index (Phi) is 3.48. The van der Waals surface area contributed by atoms with Gasteiger partial charge in [0.25, 0.3) is 0 Å². The maximum Gasteiger partial charge on any atom is 0.170 e. The Hall–Kier alpha value is -2.20. The van der Waals surface area contributed by atoms with Gasteiger partial charge in [0.15, 0.2) is 11.5 Å². The van der Waals surface area contributed by atoms with Gasteiger partial charge in [-0.1, -0.05) is 22.8 Å². The van der Waals surface area contributed by atoms with Crippen molar-refractivity contribution in [1.29, 1.82) is 0 Å². The average Bonchev–Trinajstić information content (AvgIpc) is 2.49. The van der Waals surface area contributed by atoms with Crippen LogP contribution in [-0.2, 0) is 0 Å². The number of hydrogen-bond acceptors (Lipinski definition) is 4. The van der Waals surface area contributed by atoms with Crippen LogP contribution < -0.4 is 9.47 Å². The molecule has 0 atom stereocenters. The van der Waals surface area contributed by atoms with E-state index in [9.17, 15) is 0 Å². The zero-order chi connectivity index (χ0) is 13.9. The SMILES string of the molecule is O/N=C1\CCOc2c(Oc3ccc(Cl)cc3)cccc21. The van der Waals surface area contributed by atoms with E-state index in [2.05, 4.69) is 5.16 Å². The number of hydrogen-bond donors (Lipinski definition) is 1. The van der Waals surface area contributed by atoms with Crippen molar-refractivity contribution < 1.29 is 14.7 Å². The van der Waals surface area contributed by atoms with Crippen LogP contribution in [0.4, 0.5) is 0 Å². The third kappa shape index (κ3) is 2.42. The second-order valence-corrected chi connectivity index (χ2v) is 4.77. The number of rotatable bonds is 2. The molecule has 0 aromatic heterocycles. The fraction of sp³-hybridized carbons (Fsp3) is 0.133. The Labute approximate surface area is 121 Å². The van der Waals surface area contributed by atoms with E-state index >= 15 is 0 Å². The van der Waals surface area contributed by atoms with Crippen LogP contribution in [0.25, 0.3) is 0 Å². The van der Waals surface area contributed by atoms with Gasteiger partial charge < -0.3 is 14.7 Å². The van der Waals surface area contributed by atoms with Crippen LogP contribution in [0.1, 0.15) is 12.0 Å². The number of benzene rings is 2. The fourth-order valence-corrected chi connectivity index (χ4v) is 2.22. The molecule has 0 saturated heterocycles. The summed E-state index contributed by atoms with van der Waals surface area (Å²) in [6, 6.07) is 12.6. The molecule has 2 aromatic rings. The Morgan fingerprint density at radius 1 is 1.15 bits per heavy atom. The van der Waals surface area contributed by atoms with Crippen LogP contribution >= 0.6 is 11.6 Å². The molecule has 1 N–H and O–H groups in total. The molecule has 1 aliphatic rings. The lowest BCUT2D eigenvalue weighted by molar-refractivity contribution is 0.289. The molecule has 4 nitrogen and oxygen atoms in total. The topological polar surface area (TPSA) is 51.1 Å². The van der Waals surface area contributed by atoms with E-state index in [4.69, 9.17) is 26.3 Å². The molecule has 102 valence electrons. The number of halogens is 1. The van der Waals surface area contributed by atoms with Crippen LogP contribution in [0.3, 0.4) is 0 Å². The third-order valence-electron chi connectivity index (χ3n) is 3.04. The number of ether oxygens (including phenoxy) is 2. The minimum Gasteiger partial charge on any atom is -0.489 e. The molecule has 5 heteroatoms. The van der Waals surface area contributed by atoms with Gasteiger partial charge in [0.05, 0.1) is 12.3 Å². The highest BCUT2D eigenvalue weighted by molar-refractivity contribution is 6.30. The quantitative estimate of drug-likeness (QED) is 0.669. The molecule has 0 spiro atoms. The van der Waals surface area contributed by atoms with Crippen molar-refractivity contribution in [3.8, 4) is 17.2 Å². The molecule has 1 heterocycles. The molecule has 0 unspecified atom stereocenters. The lowest BCUT2D eigenvalue weighted by Gasteiger charge is -2.20. The first-order valence-electron chi connectivity index (χ1n) is 6.18. The Balaban J connectivity index is 1.96. The molecule has 0 bridgehead atoms. The predicted octanol–water partition coefficient (Wildman–Crippen LogP) is 4.09. The van der Waals surface area contributed by atoms with Crippen LogP contribution in [-0.4, -0.2) is 17.5 Å². The average molecular weight is 290 g/mol. The van der Waals surface area contributed by atoms with Crippen molar-refractivity contribution in [3.05, 3.63) is 53.1 Å². The van der Waals surface area contributed by atoms with Crippen molar-refractivity contribution >= 4 is 17.3 Å². The van der Waals surface area contributed by atoms with Gasteiger partial charge in [-0.15, -0.1) is 0 Å². The van der Waals surface area contributed by atoms with Gasteiger partial charge in [-0.05, 0) is 36.4 Å². The minimum atomic E-state index is 0.466. The molecule has 0 amide bonds. The highest BCUT2D eigenvalue weighted by atomic mass is 35.5. The van der Waals surface area contributed by atoms with E-state index in [0.717, 1.165) is 5.56 Å². The zero-order valence-electron chi connectivity index (χ0n) is 10.5. The van der Waals surface area contributed by atoms with Gasteiger partial charge in [-0.25, -0.2) is 0 Å². The van der Waals surface area contributed by atoms with Crippen molar-refractivity contribution in [2.75, 3.05) is 6.61 Å². The van der Waals surface area contributed by atoms with Crippen LogP contribution in [0.2, 0.25) is 5.02 Å². The summed E-state index contributed by atoms with van der Waals surface area (Å²) in [4.78, 5) is 0. The lowest BCUT2D eigenvalue weighted by atomic mass is 10.0. The van der Waals surface area contributed by atoms with Gasteiger partial charge in [0.1, 0.15) is 5.75 Å². The third-order valence-corrected chi connectivity index (χ3v) is 3.29.